The molecular formula is C44H56O6. The molecule has 0 saturated carbocycles. The quantitative estimate of drug-likeness (QED) is 0.0482. The van der Waals surface area contributed by atoms with Gasteiger partial charge in [0.15, 0.2) is 0 Å². The van der Waals surface area contributed by atoms with Crippen LogP contribution in [-0.2, 0) is 48.0 Å². The van der Waals surface area contributed by atoms with Crippen LogP contribution in [0, 0.1) is 0 Å². The largest absolute Gasteiger partial charge is 0.463 e. The van der Waals surface area contributed by atoms with E-state index in [1.807, 2.05) is 48.5 Å². The number of allylic oxidation sites excluding steroid dienone is 1. The minimum atomic E-state index is -0.376. The van der Waals surface area contributed by atoms with Crippen molar-refractivity contribution in [1.29, 1.82) is 0 Å². The Morgan fingerprint density at radius 1 is 0.540 bits per heavy atom. The first-order valence-electron chi connectivity index (χ1n) is 17.6. The lowest BCUT2D eigenvalue weighted by Gasteiger charge is -2.04. The number of hydrogen-bond acceptors (Lipinski definition) is 6. The molecule has 0 aromatic heterocycles. The Morgan fingerprint density at radius 2 is 1.02 bits per heavy atom. The van der Waals surface area contributed by atoms with Gasteiger partial charge in [-0.05, 0) is 73.6 Å². The zero-order valence-electron chi connectivity index (χ0n) is 29.9. The molecular weight excluding hydrogens is 624 g/mol. The van der Waals surface area contributed by atoms with E-state index < -0.39 is 0 Å². The predicted molar refractivity (Wildman–Crippen MR) is 205 cm³/mol. The van der Waals surface area contributed by atoms with Crippen LogP contribution in [0.1, 0.15) is 87.0 Å². The van der Waals surface area contributed by atoms with E-state index in [1.54, 1.807) is 0 Å². The van der Waals surface area contributed by atoms with Crippen LogP contribution in [0.3, 0.4) is 0 Å². The van der Waals surface area contributed by atoms with E-state index in [2.05, 4.69) is 75.2 Å². The average Bonchev–Trinajstić information content (AvgIpc) is 3.16. The molecule has 3 aromatic carbocycles. The Bertz CT molecular complexity index is 1380. The molecule has 0 unspecified atom stereocenters. The number of carbonyl (C=O) groups is 3. The number of ether oxygens (including phenoxy) is 3. The highest BCUT2D eigenvalue weighted by atomic mass is 16.5. The van der Waals surface area contributed by atoms with Gasteiger partial charge in [0.2, 0.25) is 0 Å². The second-order valence-electron chi connectivity index (χ2n) is 11.4. The Kier molecular flexibility index (Phi) is 25.9. The highest BCUT2D eigenvalue weighted by Gasteiger charge is 1.99. The Hall–Kier alpha value is -4.97. The van der Waals surface area contributed by atoms with Crippen LogP contribution in [-0.4, -0.2) is 31.1 Å². The highest BCUT2D eigenvalue weighted by Crippen LogP contribution is 2.11. The number of rotatable bonds is 21. The second-order valence-corrected chi connectivity index (χ2v) is 11.4. The topological polar surface area (TPSA) is 78.9 Å². The molecule has 3 aromatic rings. The highest BCUT2D eigenvalue weighted by molar-refractivity contribution is 5.81. The maximum Gasteiger partial charge on any atom is 0.330 e. The Labute approximate surface area is 300 Å². The summed E-state index contributed by atoms with van der Waals surface area (Å²) in [6, 6.07) is 28.8. The molecule has 0 aliphatic carbocycles. The van der Waals surface area contributed by atoms with Gasteiger partial charge < -0.3 is 14.2 Å². The number of benzene rings is 3. The van der Waals surface area contributed by atoms with Crippen molar-refractivity contribution in [3.8, 4) is 0 Å². The smallest absolute Gasteiger partial charge is 0.330 e. The lowest BCUT2D eigenvalue weighted by molar-refractivity contribution is -0.139. The molecule has 0 aliphatic heterocycles. The average molecular weight is 681 g/mol. The lowest BCUT2D eigenvalue weighted by atomic mass is 10.0. The SMILES string of the molecule is C=CC(=O)OCCCC/C=C/c1ccccc1.C=CC(=O)OCCCCc1ccccc1.C=CC(=O)OCc1ccc(CCCCCC)cc1. The van der Waals surface area contributed by atoms with Crippen LogP contribution in [0.2, 0.25) is 0 Å². The number of esters is 3. The Balaban J connectivity index is 0.000000377. The van der Waals surface area contributed by atoms with Gasteiger partial charge >= 0.3 is 17.9 Å². The zero-order chi connectivity index (χ0) is 36.5. The second kappa shape index (κ2) is 30.1. The van der Waals surface area contributed by atoms with E-state index in [1.165, 1.54) is 60.6 Å². The van der Waals surface area contributed by atoms with Crippen molar-refractivity contribution in [1.82, 2.24) is 0 Å². The third-order valence-corrected chi connectivity index (χ3v) is 7.29. The summed E-state index contributed by atoms with van der Waals surface area (Å²) in [6.07, 6.45) is 20.0. The van der Waals surface area contributed by atoms with E-state index in [9.17, 15) is 14.4 Å². The van der Waals surface area contributed by atoms with Gasteiger partial charge in [0.05, 0.1) is 13.2 Å². The maximum absolute atomic E-state index is 10.9. The predicted octanol–water partition coefficient (Wildman–Crippen LogP) is 10.4. The summed E-state index contributed by atoms with van der Waals surface area (Å²) in [5.74, 6) is -1.06. The van der Waals surface area contributed by atoms with Crippen molar-refractivity contribution in [3.05, 3.63) is 151 Å². The van der Waals surface area contributed by atoms with Crippen molar-refractivity contribution in [2.45, 2.75) is 84.2 Å². The molecule has 0 atom stereocenters. The fourth-order valence-electron chi connectivity index (χ4n) is 4.46. The van der Waals surface area contributed by atoms with Gasteiger partial charge in [0.1, 0.15) is 6.61 Å². The van der Waals surface area contributed by atoms with E-state index in [4.69, 9.17) is 14.2 Å². The minimum absolute atomic E-state index is 0.320. The summed E-state index contributed by atoms with van der Waals surface area (Å²) in [6.45, 7) is 13.5. The van der Waals surface area contributed by atoms with E-state index in [-0.39, 0.29) is 17.9 Å². The van der Waals surface area contributed by atoms with E-state index in [0.29, 0.717) is 19.8 Å². The van der Waals surface area contributed by atoms with Crippen LogP contribution >= 0.6 is 0 Å². The summed E-state index contributed by atoms with van der Waals surface area (Å²) in [5.41, 5.74) is 4.91. The summed E-state index contributed by atoms with van der Waals surface area (Å²) in [5, 5.41) is 0. The van der Waals surface area contributed by atoms with E-state index >= 15 is 0 Å². The molecule has 50 heavy (non-hydrogen) atoms. The summed E-state index contributed by atoms with van der Waals surface area (Å²) < 4.78 is 14.7. The van der Waals surface area contributed by atoms with Gasteiger partial charge in [0, 0.05) is 18.2 Å². The van der Waals surface area contributed by atoms with Gasteiger partial charge in [0.25, 0.3) is 0 Å². The summed E-state index contributed by atoms with van der Waals surface area (Å²) in [7, 11) is 0. The first-order chi connectivity index (χ1) is 24.4. The van der Waals surface area contributed by atoms with Crippen LogP contribution in [0.5, 0.6) is 0 Å². The van der Waals surface area contributed by atoms with Crippen LogP contribution in [0.25, 0.3) is 6.08 Å². The molecule has 0 spiro atoms. The zero-order valence-corrected chi connectivity index (χ0v) is 29.9. The van der Waals surface area contributed by atoms with Crippen molar-refractivity contribution in [3.63, 3.8) is 0 Å². The standard InChI is InChI=1S/C16H22O2.C15H18O2.C13H16O2/c1-3-5-6-7-8-14-9-11-15(12-10-14)13-18-16(17)4-2;1-2-15(16)17-13-9-4-3-6-10-14-11-7-5-8-12-14;1-2-13(14)15-11-7-6-10-12-8-4-3-5-9-12/h4,9-12H,2-3,5-8,13H2,1H3;2,5-8,10-12H,1,3-4,9,13H2;2-5,8-9H,1,6-7,10-11H2/b;10-6+;. The molecule has 0 heterocycles. The molecule has 0 bridgehead atoms. The number of carbonyl (C=O) groups excluding carboxylic acids is 3. The van der Waals surface area contributed by atoms with Crippen LogP contribution in [0.4, 0.5) is 0 Å². The van der Waals surface area contributed by atoms with Crippen molar-refractivity contribution in [2.75, 3.05) is 13.2 Å². The number of unbranched alkanes of at least 4 members (excludes halogenated alkanes) is 6. The monoisotopic (exact) mass is 680 g/mol. The number of hydrogen-bond donors (Lipinski definition) is 0. The van der Waals surface area contributed by atoms with E-state index in [0.717, 1.165) is 50.5 Å². The fraction of sp³-hybridized carbons (Fsp3) is 0.341. The molecule has 6 heteroatoms. The molecule has 0 saturated heterocycles. The third-order valence-electron chi connectivity index (χ3n) is 7.29. The van der Waals surface area contributed by atoms with Gasteiger partial charge in [-0.1, -0.05) is 143 Å². The summed E-state index contributed by atoms with van der Waals surface area (Å²) in [4.78, 5) is 32.4. The molecule has 0 fully saturated rings. The van der Waals surface area contributed by atoms with Gasteiger partial charge in [-0.3, -0.25) is 0 Å². The fourth-order valence-corrected chi connectivity index (χ4v) is 4.46. The van der Waals surface area contributed by atoms with Crippen molar-refractivity contribution in [2.24, 2.45) is 0 Å². The van der Waals surface area contributed by atoms with Crippen LogP contribution < -0.4 is 0 Å². The first kappa shape index (κ1) is 43.1. The Morgan fingerprint density at radius 3 is 1.58 bits per heavy atom. The normalized spacial score (nSPS) is 10.0. The van der Waals surface area contributed by atoms with Gasteiger partial charge in [-0.15, -0.1) is 0 Å². The first-order valence-corrected chi connectivity index (χ1v) is 17.6. The van der Waals surface area contributed by atoms with Crippen molar-refractivity contribution < 1.29 is 28.6 Å². The maximum atomic E-state index is 10.9. The molecule has 0 N–H and O–H groups in total. The lowest BCUT2D eigenvalue weighted by Crippen LogP contribution is -2.02. The summed E-state index contributed by atoms with van der Waals surface area (Å²) >= 11 is 0. The third kappa shape index (κ3) is 24.2. The van der Waals surface area contributed by atoms with Crippen LogP contribution in [0.15, 0.2) is 129 Å². The van der Waals surface area contributed by atoms with Gasteiger partial charge in [-0.2, -0.15) is 0 Å². The molecule has 0 aliphatic rings. The number of aryl methyl sites for hydroxylation is 2. The minimum Gasteiger partial charge on any atom is -0.463 e. The van der Waals surface area contributed by atoms with Gasteiger partial charge in [-0.25, -0.2) is 14.4 Å². The molecule has 0 amide bonds. The molecule has 6 nitrogen and oxygen atoms in total. The molecule has 3 rings (SSSR count). The molecule has 0 radical (unpaired) electrons. The molecule has 268 valence electrons. The van der Waals surface area contributed by atoms with Crippen molar-refractivity contribution >= 4 is 24.0 Å².